The predicted molar refractivity (Wildman–Crippen MR) is 95.0 cm³/mol. The summed E-state index contributed by atoms with van der Waals surface area (Å²) in [7, 11) is 0. The van der Waals surface area contributed by atoms with E-state index in [1.807, 2.05) is 19.1 Å². The van der Waals surface area contributed by atoms with Crippen LogP contribution in [-0.4, -0.2) is 36.9 Å². The molecule has 1 heterocycles. The number of carbonyl (C=O) groups is 1. The number of piperidine rings is 1. The molecule has 5 heteroatoms. The van der Waals surface area contributed by atoms with E-state index in [2.05, 4.69) is 34.6 Å². The van der Waals surface area contributed by atoms with Gasteiger partial charge in [-0.25, -0.2) is 4.79 Å². The number of aliphatic hydroxyl groups excluding tert-OH is 1. The summed E-state index contributed by atoms with van der Waals surface area (Å²) < 4.78 is 0. The van der Waals surface area contributed by atoms with E-state index in [0.29, 0.717) is 6.42 Å². The maximum Gasteiger partial charge on any atom is 0.319 e. The van der Waals surface area contributed by atoms with E-state index in [1.165, 1.54) is 18.5 Å². The largest absolute Gasteiger partial charge is 0.396 e. The number of hydrogen-bond donors (Lipinski definition) is 3. The lowest BCUT2D eigenvalue weighted by atomic mass is 9.99. The zero-order valence-electron chi connectivity index (χ0n) is 14.2. The highest BCUT2D eigenvalue weighted by Crippen LogP contribution is 2.24. The van der Waals surface area contributed by atoms with Gasteiger partial charge >= 0.3 is 6.03 Å². The van der Waals surface area contributed by atoms with E-state index in [-0.39, 0.29) is 18.7 Å². The Kier molecular flexibility index (Phi) is 6.71. The van der Waals surface area contributed by atoms with E-state index in [0.717, 1.165) is 31.1 Å². The number of hydrogen-bond acceptors (Lipinski definition) is 3. The second-order valence-electron chi connectivity index (χ2n) is 6.43. The summed E-state index contributed by atoms with van der Waals surface area (Å²) >= 11 is 0. The lowest BCUT2D eigenvalue weighted by Crippen LogP contribution is -2.38. The number of amides is 2. The molecule has 0 aromatic heterocycles. The van der Waals surface area contributed by atoms with Gasteiger partial charge in [0.15, 0.2) is 0 Å². The zero-order chi connectivity index (χ0) is 16.7. The van der Waals surface area contributed by atoms with E-state index < -0.39 is 0 Å². The van der Waals surface area contributed by atoms with Crippen LogP contribution in [0.2, 0.25) is 0 Å². The van der Waals surface area contributed by atoms with Gasteiger partial charge in [0.1, 0.15) is 0 Å². The molecule has 0 spiro atoms. The molecule has 0 aliphatic carbocycles. The molecule has 1 aromatic carbocycles. The van der Waals surface area contributed by atoms with Gasteiger partial charge in [-0.3, -0.25) is 0 Å². The Labute approximate surface area is 139 Å². The van der Waals surface area contributed by atoms with Crippen LogP contribution < -0.4 is 15.5 Å². The standard InChI is InChI=1S/C18H29N3O2/c1-3-15(10-13-22)19-18(23)20-16-4-6-17(7-5-16)21-11-8-14(2)9-12-21/h4-7,14-15,22H,3,8-13H2,1-2H3,(H2,19,20,23). The second kappa shape index (κ2) is 8.77. The van der Waals surface area contributed by atoms with E-state index >= 15 is 0 Å². The Hall–Kier alpha value is -1.75. The average Bonchev–Trinajstić information content (AvgIpc) is 2.56. The molecule has 0 radical (unpaired) electrons. The second-order valence-corrected chi connectivity index (χ2v) is 6.43. The van der Waals surface area contributed by atoms with Crippen LogP contribution in [-0.2, 0) is 0 Å². The number of nitrogens with zero attached hydrogens (tertiary/aromatic N) is 1. The highest BCUT2D eigenvalue weighted by molar-refractivity contribution is 5.89. The molecule has 2 rings (SSSR count). The molecule has 3 N–H and O–H groups in total. The SMILES string of the molecule is CCC(CCO)NC(=O)Nc1ccc(N2CCC(C)CC2)cc1. The summed E-state index contributed by atoms with van der Waals surface area (Å²) in [5.74, 6) is 0.821. The lowest BCUT2D eigenvalue weighted by Gasteiger charge is -2.32. The number of nitrogens with one attached hydrogen (secondary N) is 2. The molecular formula is C18H29N3O2. The fraction of sp³-hybridized carbons (Fsp3) is 0.611. The number of benzene rings is 1. The molecule has 0 bridgehead atoms. The fourth-order valence-corrected chi connectivity index (χ4v) is 2.91. The smallest absolute Gasteiger partial charge is 0.319 e. The van der Waals surface area contributed by atoms with Crippen LogP contribution in [0.25, 0.3) is 0 Å². The third-order valence-corrected chi connectivity index (χ3v) is 4.58. The number of aliphatic hydroxyl groups is 1. The molecule has 2 amide bonds. The minimum Gasteiger partial charge on any atom is -0.396 e. The van der Waals surface area contributed by atoms with Crippen molar-refractivity contribution in [2.45, 2.75) is 45.6 Å². The molecule has 1 atom stereocenters. The van der Waals surface area contributed by atoms with Gasteiger partial charge < -0.3 is 20.6 Å². The maximum absolute atomic E-state index is 12.0. The number of urea groups is 1. The molecule has 1 aromatic rings. The lowest BCUT2D eigenvalue weighted by molar-refractivity contribution is 0.237. The Bertz CT molecular complexity index is 482. The fourth-order valence-electron chi connectivity index (χ4n) is 2.91. The number of rotatable bonds is 6. The first-order chi connectivity index (χ1) is 11.1. The molecule has 1 fully saturated rings. The number of carbonyl (C=O) groups excluding carboxylic acids is 1. The molecule has 1 saturated heterocycles. The zero-order valence-corrected chi connectivity index (χ0v) is 14.2. The van der Waals surface area contributed by atoms with Crippen molar-refractivity contribution in [1.82, 2.24) is 5.32 Å². The Balaban J connectivity index is 1.86. The Morgan fingerprint density at radius 1 is 1.30 bits per heavy atom. The van der Waals surface area contributed by atoms with Crippen molar-refractivity contribution < 1.29 is 9.90 Å². The van der Waals surface area contributed by atoms with Crippen molar-refractivity contribution in [3.05, 3.63) is 24.3 Å². The van der Waals surface area contributed by atoms with E-state index in [4.69, 9.17) is 5.11 Å². The molecule has 1 aliphatic heterocycles. The minimum atomic E-state index is -0.218. The first-order valence-electron chi connectivity index (χ1n) is 8.65. The monoisotopic (exact) mass is 319 g/mol. The summed E-state index contributed by atoms with van der Waals surface area (Å²) in [6, 6.07) is 7.81. The molecule has 1 aliphatic rings. The van der Waals surface area contributed by atoms with E-state index in [9.17, 15) is 4.79 Å². The van der Waals surface area contributed by atoms with Crippen molar-refractivity contribution in [3.63, 3.8) is 0 Å². The average molecular weight is 319 g/mol. The van der Waals surface area contributed by atoms with Crippen molar-refractivity contribution in [1.29, 1.82) is 0 Å². The number of anilines is 2. The third kappa shape index (κ3) is 5.43. The van der Waals surface area contributed by atoms with E-state index in [1.54, 1.807) is 0 Å². The summed E-state index contributed by atoms with van der Waals surface area (Å²) in [6.07, 6.45) is 3.87. The topological polar surface area (TPSA) is 64.6 Å². The third-order valence-electron chi connectivity index (χ3n) is 4.58. The highest BCUT2D eigenvalue weighted by atomic mass is 16.3. The first kappa shape index (κ1) is 17.6. The molecule has 0 saturated carbocycles. The van der Waals surface area contributed by atoms with Gasteiger partial charge in [0, 0.05) is 37.1 Å². The minimum absolute atomic E-state index is 0.00890. The summed E-state index contributed by atoms with van der Waals surface area (Å²) in [5, 5.41) is 14.7. The normalized spacial score (nSPS) is 16.9. The van der Waals surface area contributed by atoms with Crippen molar-refractivity contribution in [2.75, 3.05) is 29.9 Å². The summed E-state index contributed by atoms with van der Waals surface area (Å²) in [4.78, 5) is 14.4. The van der Waals surface area contributed by atoms with Gasteiger partial charge in [-0.05, 0) is 55.9 Å². The first-order valence-corrected chi connectivity index (χ1v) is 8.65. The molecule has 128 valence electrons. The Morgan fingerprint density at radius 2 is 1.96 bits per heavy atom. The van der Waals surface area contributed by atoms with Crippen LogP contribution in [0.15, 0.2) is 24.3 Å². The van der Waals surface area contributed by atoms with Crippen LogP contribution >= 0.6 is 0 Å². The molecular weight excluding hydrogens is 290 g/mol. The molecule has 23 heavy (non-hydrogen) atoms. The molecule has 5 nitrogen and oxygen atoms in total. The van der Waals surface area contributed by atoms with Gasteiger partial charge in [-0.15, -0.1) is 0 Å². The van der Waals surface area contributed by atoms with Crippen molar-refractivity contribution >= 4 is 17.4 Å². The van der Waals surface area contributed by atoms with Gasteiger partial charge in [-0.2, -0.15) is 0 Å². The predicted octanol–water partition coefficient (Wildman–Crippen LogP) is 3.21. The van der Waals surface area contributed by atoms with Crippen LogP contribution in [0.1, 0.15) is 39.5 Å². The Morgan fingerprint density at radius 3 is 2.52 bits per heavy atom. The van der Waals surface area contributed by atoms with Crippen LogP contribution in [0.4, 0.5) is 16.2 Å². The van der Waals surface area contributed by atoms with Gasteiger partial charge in [-0.1, -0.05) is 13.8 Å². The quantitative estimate of drug-likeness (QED) is 0.754. The van der Waals surface area contributed by atoms with Crippen molar-refractivity contribution in [3.8, 4) is 0 Å². The van der Waals surface area contributed by atoms with Crippen LogP contribution in [0.5, 0.6) is 0 Å². The van der Waals surface area contributed by atoms with Crippen LogP contribution in [0.3, 0.4) is 0 Å². The van der Waals surface area contributed by atoms with Gasteiger partial charge in [0.2, 0.25) is 0 Å². The maximum atomic E-state index is 12.0. The van der Waals surface area contributed by atoms with Gasteiger partial charge in [0.05, 0.1) is 0 Å². The summed E-state index contributed by atoms with van der Waals surface area (Å²) in [6.45, 7) is 6.60. The van der Waals surface area contributed by atoms with Crippen LogP contribution in [0, 0.1) is 5.92 Å². The highest BCUT2D eigenvalue weighted by Gasteiger charge is 2.16. The summed E-state index contributed by atoms with van der Waals surface area (Å²) in [5.41, 5.74) is 2.00. The van der Waals surface area contributed by atoms with Crippen molar-refractivity contribution in [2.24, 2.45) is 5.92 Å². The molecule has 1 unspecified atom stereocenters. The van der Waals surface area contributed by atoms with Gasteiger partial charge in [0.25, 0.3) is 0 Å².